The highest BCUT2D eigenvalue weighted by atomic mass is 32.2. The molecule has 1 heterocycles. The molecule has 0 aromatic heterocycles. The zero-order valence-electron chi connectivity index (χ0n) is 10.3. The van der Waals surface area contributed by atoms with Gasteiger partial charge in [0, 0.05) is 25.4 Å². The maximum atomic E-state index is 12.2. The summed E-state index contributed by atoms with van der Waals surface area (Å²) in [4.78, 5) is 12.2. The summed E-state index contributed by atoms with van der Waals surface area (Å²) in [7, 11) is 1.65. The van der Waals surface area contributed by atoms with Crippen molar-refractivity contribution in [1.29, 1.82) is 0 Å². The van der Waals surface area contributed by atoms with Crippen LogP contribution in [-0.4, -0.2) is 50.8 Å². The molecule has 1 rings (SSSR count). The molecule has 2 atom stereocenters. The lowest BCUT2D eigenvalue weighted by Gasteiger charge is -2.27. The number of hydrogen-bond acceptors (Lipinski definition) is 4. The minimum atomic E-state index is -0.360. The van der Waals surface area contributed by atoms with E-state index in [0.717, 1.165) is 25.3 Å². The fourth-order valence-corrected chi connectivity index (χ4v) is 2.65. The number of hydrogen-bond donors (Lipinski definition) is 2. The van der Waals surface area contributed by atoms with Gasteiger partial charge in [-0.2, -0.15) is 11.8 Å². The number of rotatable bonds is 6. The van der Waals surface area contributed by atoms with Crippen LogP contribution in [0.3, 0.4) is 0 Å². The summed E-state index contributed by atoms with van der Waals surface area (Å²) in [5.74, 6) is 1.07. The Morgan fingerprint density at radius 2 is 2.44 bits per heavy atom. The second-order valence-corrected chi connectivity index (χ2v) is 5.38. The molecule has 0 aromatic carbocycles. The summed E-state index contributed by atoms with van der Waals surface area (Å²) >= 11 is 1.74. The van der Waals surface area contributed by atoms with Gasteiger partial charge in [0.05, 0.1) is 12.0 Å². The van der Waals surface area contributed by atoms with Gasteiger partial charge in [-0.25, -0.2) is 0 Å². The first kappa shape index (κ1) is 13.8. The van der Waals surface area contributed by atoms with E-state index in [0.29, 0.717) is 6.61 Å². The van der Waals surface area contributed by atoms with Crippen molar-refractivity contribution in [3.8, 4) is 0 Å². The molecule has 4 nitrogen and oxygen atoms in total. The van der Waals surface area contributed by atoms with E-state index in [-0.39, 0.29) is 17.4 Å². The third kappa shape index (κ3) is 3.37. The molecule has 1 aliphatic heterocycles. The molecule has 1 aliphatic rings. The smallest absolute Gasteiger partial charge is 0.230 e. The van der Waals surface area contributed by atoms with Crippen molar-refractivity contribution in [3.05, 3.63) is 0 Å². The maximum absolute atomic E-state index is 12.2. The highest BCUT2D eigenvalue weighted by molar-refractivity contribution is 7.98. The Kier molecular flexibility index (Phi) is 5.58. The molecule has 16 heavy (non-hydrogen) atoms. The zero-order chi connectivity index (χ0) is 12.0. The van der Waals surface area contributed by atoms with Crippen LogP contribution in [0.4, 0.5) is 0 Å². The van der Waals surface area contributed by atoms with Gasteiger partial charge in [0.1, 0.15) is 0 Å². The highest BCUT2D eigenvalue weighted by Gasteiger charge is 2.41. The Hall–Kier alpha value is -0.260. The molecule has 0 aromatic rings. The first-order valence-electron chi connectivity index (χ1n) is 5.64. The lowest BCUT2D eigenvalue weighted by molar-refractivity contribution is -0.133. The quantitative estimate of drug-likeness (QED) is 0.716. The second-order valence-electron chi connectivity index (χ2n) is 4.47. The summed E-state index contributed by atoms with van der Waals surface area (Å²) in [6.07, 6.45) is 2.91. The van der Waals surface area contributed by atoms with E-state index < -0.39 is 0 Å². The van der Waals surface area contributed by atoms with Crippen LogP contribution in [0.1, 0.15) is 13.3 Å². The molecule has 1 fully saturated rings. The van der Waals surface area contributed by atoms with Gasteiger partial charge in [0.15, 0.2) is 0 Å². The molecule has 2 unspecified atom stereocenters. The molecular formula is C11H22N2O2S. The van der Waals surface area contributed by atoms with Gasteiger partial charge in [-0.15, -0.1) is 0 Å². The largest absolute Gasteiger partial charge is 0.384 e. The summed E-state index contributed by atoms with van der Waals surface area (Å²) in [5, 5.41) is 6.31. The molecule has 1 saturated heterocycles. The van der Waals surface area contributed by atoms with E-state index in [1.807, 2.05) is 13.2 Å². The number of nitrogens with one attached hydrogen (secondary N) is 2. The molecule has 0 spiro atoms. The van der Waals surface area contributed by atoms with Crippen LogP contribution < -0.4 is 10.6 Å². The predicted molar refractivity (Wildman–Crippen MR) is 67.8 cm³/mol. The molecule has 1 amide bonds. The van der Waals surface area contributed by atoms with Crippen LogP contribution in [0.15, 0.2) is 0 Å². The number of ether oxygens (including phenoxy) is 1. The van der Waals surface area contributed by atoms with Gasteiger partial charge < -0.3 is 15.4 Å². The number of carbonyl (C=O) groups is 1. The highest BCUT2D eigenvalue weighted by Crippen LogP contribution is 2.26. The van der Waals surface area contributed by atoms with Crippen molar-refractivity contribution in [2.24, 2.45) is 5.41 Å². The number of carbonyl (C=O) groups excluding carboxylic acids is 1. The van der Waals surface area contributed by atoms with Crippen molar-refractivity contribution < 1.29 is 9.53 Å². The topological polar surface area (TPSA) is 50.4 Å². The Morgan fingerprint density at radius 3 is 2.94 bits per heavy atom. The van der Waals surface area contributed by atoms with Crippen LogP contribution in [0.25, 0.3) is 0 Å². The summed E-state index contributed by atoms with van der Waals surface area (Å²) < 4.78 is 5.19. The molecule has 0 radical (unpaired) electrons. The molecule has 0 aliphatic carbocycles. The normalized spacial score (nSPS) is 26.7. The number of thioether (sulfide) groups is 1. The SMILES string of the molecule is COCC1(C(=O)NC(C)CSC)CCNC1. The monoisotopic (exact) mass is 246 g/mol. The van der Waals surface area contributed by atoms with E-state index in [4.69, 9.17) is 4.74 Å². The minimum absolute atomic E-state index is 0.126. The maximum Gasteiger partial charge on any atom is 0.230 e. The average Bonchev–Trinajstić information content (AvgIpc) is 2.68. The van der Waals surface area contributed by atoms with Gasteiger partial charge in [-0.3, -0.25) is 4.79 Å². The summed E-state index contributed by atoms with van der Waals surface area (Å²) in [5.41, 5.74) is -0.360. The first-order chi connectivity index (χ1) is 7.64. The van der Waals surface area contributed by atoms with E-state index >= 15 is 0 Å². The lowest BCUT2D eigenvalue weighted by atomic mass is 9.87. The van der Waals surface area contributed by atoms with Gasteiger partial charge in [0.2, 0.25) is 5.91 Å². The fourth-order valence-electron chi connectivity index (χ4n) is 2.07. The van der Waals surface area contributed by atoms with Crippen LogP contribution in [0, 0.1) is 5.41 Å². The zero-order valence-corrected chi connectivity index (χ0v) is 11.2. The molecule has 5 heteroatoms. The number of methoxy groups -OCH3 is 1. The van der Waals surface area contributed by atoms with Crippen LogP contribution in [-0.2, 0) is 9.53 Å². The summed E-state index contributed by atoms with van der Waals surface area (Å²) in [6, 6.07) is 0.219. The Bertz CT molecular complexity index is 230. The van der Waals surface area contributed by atoms with Gasteiger partial charge in [-0.05, 0) is 26.1 Å². The Labute approximate surface area is 102 Å². The first-order valence-corrected chi connectivity index (χ1v) is 7.03. The number of amides is 1. The van der Waals surface area contributed by atoms with Crippen molar-refractivity contribution in [3.63, 3.8) is 0 Å². The van der Waals surface area contributed by atoms with Crippen LogP contribution in [0.2, 0.25) is 0 Å². The fraction of sp³-hybridized carbons (Fsp3) is 0.909. The molecule has 0 bridgehead atoms. The van der Waals surface area contributed by atoms with Gasteiger partial charge in [0.25, 0.3) is 0 Å². The molecule has 2 N–H and O–H groups in total. The third-order valence-electron chi connectivity index (χ3n) is 2.94. The van der Waals surface area contributed by atoms with E-state index in [2.05, 4.69) is 10.6 Å². The van der Waals surface area contributed by atoms with E-state index in [1.165, 1.54) is 0 Å². The Morgan fingerprint density at radius 1 is 1.69 bits per heavy atom. The van der Waals surface area contributed by atoms with Crippen LogP contribution in [0.5, 0.6) is 0 Å². The third-order valence-corrected chi connectivity index (χ3v) is 3.77. The molecule has 94 valence electrons. The standard InChI is InChI=1S/C11H22N2O2S/c1-9(6-16-3)13-10(14)11(8-15-2)4-5-12-7-11/h9,12H,4-8H2,1-3H3,(H,13,14). The van der Waals surface area contributed by atoms with Crippen molar-refractivity contribution >= 4 is 17.7 Å². The Balaban J connectivity index is 2.54. The average molecular weight is 246 g/mol. The summed E-state index contributed by atoms with van der Waals surface area (Å²) in [6.45, 7) is 4.15. The molecular weight excluding hydrogens is 224 g/mol. The van der Waals surface area contributed by atoms with Crippen molar-refractivity contribution in [1.82, 2.24) is 10.6 Å². The van der Waals surface area contributed by atoms with Gasteiger partial charge in [-0.1, -0.05) is 0 Å². The second kappa shape index (κ2) is 6.47. The lowest BCUT2D eigenvalue weighted by Crippen LogP contribution is -2.48. The minimum Gasteiger partial charge on any atom is -0.384 e. The predicted octanol–water partition coefficient (Wildman–Crippen LogP) is 0.480. The van der Waals surface area contributed by atoms with E-state index in [9.17, 15) is 4.79 Å². The van der Waals surface area contributed by atoms with Crippen LogP contribution >= 0.6 is 11.8 Å². The van der Waals surface area contributed by atoms with Crippen molar-refractivity contribution in [2.45, 2.75) is 19.4 Å². The van der Waals surface area contributed by atoms with Gasteiger partial charge >= 0.3 is 0 Å². The van der Waals surface area contributed by atoms with E-state index in [1.54, 1.807) is 18.9 Å². The van der Waals surface area contributed by atoms with Crippen molar-refractivity contribution in [2.75, 3.05) is 38.8 Å². The molecule has 0 saturated carbocycles.